The van der Waals surface area contributed by atoms with E-state index in [1.165, 1.54) is 36.4 Å². The van der Waals surface area contributed by atoms with Crippen molar-refractivity contribution in [2.24, 2.45) is 5.92 Å². The van der Waals surface area contributed by atoms with Crippen molar-refractivity contribution in [2.45, 2.75) is 45.4 Å². The number of fused-ring (bicyclic) bond motifs is 1. The van der Waals surface area contributed by atoms with Crippen LogP contribution in [0.3, 0.4) is 0 Å². The molecule has 1 aliphatic carbocycles. The van der Waals surface area contributed by atoms with Crippen molar-refractivity contribution >= 4 is 16.8 Å². The predicted molar refractivity (Wildman–Crippen MR) is 189 cm³/mol. The molecule has 11 heteroatoms. The first-order valence-corrected chi connectivity index (χ1v) is 16.1. The first-order valence-electron chi connectivity index (χ1n) is 16.1. The number of rotatable bonds is 7. The molecular formula is C40H36O11. The number of phenolic OH excluding ortho intramolecular Hbond substituents is 8. The Morgan fingerprint density at radius 2 is 1.41 bits per heavy atom. The number of Topliss-reactive ketones (excluding diaryl/α,β-unsaturated/α-hetero) is 1. The number of ketones is 1. The number of carbonyl (C=O) groups is 1. The van der Waals surface area contributed by atoms with Crippen molar-refractivity contribution in [3.63, 3.8) is 0 Å². The summed E-state index contributed by atoms with van der Waals surface area (Å²) < 4.78 is 6.45. The largest absolute Gasteiger partial charge is 0.508 e. The molecule has 0 aliphatic heterocycles. The van der Waals surface area contributed by atoms with E-state index in [4.69, 9.17) is 4.42 Å². The van der Waals surface area contributed by atoms with Crippen LogP contribution >= 0.6 is 0 Å². The number of phenols is 8. The lowest BCUT2D eigenvalue weighted by molar-refractivity contribution is 0.0877. The van der Waals surface area contributed by atoms with Gasteiger partial charge in [-0.15, -0.1) is 0 Å². The fraction of sp³-hybridized carbons (Fsp3) is 0.200. The predicted octanol–water partition coefficient (Wildman–Crippen LogP) is 7.33. The molecule has 5 aromatic rings. The van der Waals surface area contributed by atoms with E-state index < -0.39 is 52.0 Å². The lowest BCUT2D eigenvalue weighted by Gasteiger charge is -2.37. The summed E-state index contributed by atoms with van der Waals surface area (Å²) in [5.41, 5.74) is 0.810. The van der Waals surface area contributed by atoms with Crippen LogP contribution in [0.25, 0.3) is 22.3 Å². The molecule has 4 aromatic carbocycles. The Morgan fingerprint density at radius 3 is 2.04 bits per heavy atom. The van der Waals surface area contributed by atoms with E-state index in [2.05, 4.69) is 0 Å². The summed E-state index contributed by atoms with van der Waals surface area (Å²) in [5.74, 6) is -6.99. The third kappa shape index (κ3) is 6.29. The van der Waals surface area contributed by atoms with Crippen molar-refractivity contribution in [1.29, 1.82) is 0 Å². The van der Waals surface area contributed by atoms with Crippen LogP contribution in [-0.4, -0.2) is 46.6 Å². The molecule has 3 atom stereocenters. The summed E-state index contributed by atoms with van der Waals surface area (Å²) in [6.45, 7) is 5.44. The van der Waals surface area contributed by atoms with Gasteiger partial charge in [0, 0.05) is 53.1 Å². The number of allylic oxidation sites excluding steroid dienone is 4. The fourth-order valence-corrected chi connectivity index (χ4v) is 7.00. The van der Waals surface area contributed by atoms with Gasteiger partial charge in [0.05, 0.1) is 11.1 Å². The van der Waals surface area contributed by atoms with Crippen LogP contribution in [0.2, 0.25) is 0 Å². The van der Waals surface area contributed by atoms with Gasteiger partial charge in [-0.3, -0.25) is 9.59 Å². The minimum Gasteiger partial charge on any atom is -0.508 e. The maximum atomic E-state index is 14.6. The second-order valence-corrected chi connectivity index (χ2v) is 13.1. The summed E-state index contributed by atoms with van der Waals surface area (Å²) in [6.07, 6.45) is 3.73. The first kappa shape index (κ1) is 34.5. The molecule has 0 saturated heterocycles. The smallest absolute Gasteiger partial charge is 0.200 e. The molecule has 8 N–H and O–H groups in total. The lowest BCUT2D eigenvalue weighted by Crippen LogP contribution is -2.32. The van der Waals surface area contributed by atoms with Gasteiger partial charge in [0.1, 0.15) is 62.7 Å². The zero-order valence-corrected chi connectivity index (χ0v) is 27.9. The van der Waals surface area contributed by atoms with E-state index in [0.717, 1.165) is 35.4 Å². The van der Waals surface area contributed by atoms with E-state index in [-0.39, 0.29) is 80.4 Å². The summed E-state index contributed by atoms with van der Waals surface area (Å²) in [7, 11) is 0. The maximum absolute atomic E-state index is 14.6. The first-order chi connectivity index (χ1) is 24.2. The van der Waals surface area contributed by atoms with Crippen molar-refractivity contribution in [2.75, 3.05) is 0 Å². The van der Waals surface area contributed by atoms with Crippen molar-refractivity contribution < 1.29 is 50.1 Å². The van der Waals surface area contributed by atoms with Crippen LogP contribution in [-0.2, 0) is 6.42 Å². The maximum Gasteiger partial charge on any atom is 0.200 e. The molecule has 1 heterocycles. The van der Waals surface area contributed by atoms with E-state index in [0.29, 0.717) is 0 Å². The molecule has 0 bridgehead atoms. The van der Waals surface area contributed by atoms with Crippen molar-refractivity contribution in [3.05, 3.63) is 116 Å². The van der Waals surface area contributed by atoms with Crippen LogP contribution in [0.4, 0.5) is 0 Å². The Labute approximate surface area is 291 Å². The molecule has 0 fully saturated rings. The number of benzene rings is 4. The molecule has 262 valence electrons. The number of aromatic hydroxyl groups is 8. The van der Waals surface area contributed by atoms with Crippen molar-refractivity contribution in [3.8, 4) is 57.3 Å². The average Bonchev–Trinajstić information content (AvgIpc) is 3.03. The molecule has 0 saturated carbocycles. The highest BCUT2D eigenvalue weighted by Crippen LogP contribution is 2.53. The second-order valence-electron chi connectivity index (χ2n) is 13.1. The quantitative estimate of drug-likeness (QED) is 0.0625. The number of hydrogen-bond donors (Lipinski definition) is 8. The van der Waals surface area contributed by atoms with Crippen molar-refractivity contribution in [1.82, 2.24) is 0 Å². The van der Waals surface area contributed by atoms with E-state index >= 15 is 0 Å². The third-order valence-electron chi connectivity index (χ3n) is 9.32. The second kappa shape index (κ2) is 13.2. The van der Waals surface area contributed by atoms with Crippen LogP contribution in [0.15, 0.2) is 93.2 Å². The van der Waals surface area contributed by atoms with Crippen LogP contribution in [0, 0.1) is 5.92 Å². The van der Waals surface area contributed by atoms with Crippen LogP contribution in [0.1, 0.15) is 66.1 Å². The van der Waals surface area contributed by atoms with E-state index in [1.54, 1.807) is 19.1 Å². The lowest BCUT2D eigenvalue weighted by atomic mass is 9.65. The zero-order valence-electron chi connectivity index (χ0n) is 27.9. The normalized spacial score (nSPS) is 17.2. The van der Waals surface area contributed by atoms with E-state index in [9.17, 15) is 50.4 Å². The minimum atomic E-state index is -1.21. The van der Waals surface area contributed by atoms with Crippen LogP contribution < -0.4 is 5.43 Å². The molecule has 0 spiro atoms. The molecule has 1 aliphatic rings. The number of carbonyl (C=O) groups excluding carboxylic acids is 1. The molecular weight excluding hydrogens is 656 g/mol. The highest BCUT2D eigenvalue weighted by atomic mass is 16.3. The zero-order chi connectivity index (χ0) is 36.9. The van der Waals surface area contributed by atoms with E-state index in [1.807, 2.05) is 13.8 Å². The Morgan fingerprint density at radius 1 is 0.784 bits per heavy atom. The Bertz CT molecular complexity index is 2340. The van der Waals surface area contributed by atoms with Gasteiger partial charge in [0.15, 0.2) is 5.78 Å². The highest BCUT2D eigenvalue weighted by molar-refractivity contribution is 6.02. The van der Waals surface area contributed by atoms with Gasteiger partial charge in [0.2, 0.25) is 5.43 Å². The molecule has 0 radical (unpaired) electrons. The third-order valence-corrected chi connectivity index (χ3v) is 9.32. The Balaban J connectivity index is 1.70. The van der Waals surface area contributed by atoms with Gasteiger partial charge in [-0.2, -0.15) is 0 Å². The summed E-state index contributed by atoms with van der Waals surface area (Å²) in [6, 6.07) is 12.2. The standard InChI is InChI=1S/C40H36O11/c1-18(2)4-8-26-38(50)36-33(48)17-32(47)35(40(36)51-39(26)25-11-7-22(43)16-31(25)46)28-13-19(3)12-27(23-9-5-20(41)14-29(23)44)34(28)37(49)24-10-6-21(42)15-30(24)45/h4-7,9-11,13-17,27-28,34,41-48H,8,12H2,1-3H3/t27-,28-,34?/m0/s1. The SMILES string of the molecule is CC(C)=CCc1c(-c2ccc(O)cc2O)oc2c([C@H]3C=C(C)C[C@@H](c4ccc(O)cc4O)C3C(=O)c3ccc(O)cc3O)c(O)cc(O)c2c1=O. The monoisotopic (exact) mass is 692 g/mol. The van der Waals surface area contributed by atoms with Gasteiger partial charge in [-0.05, 0) is 69.5 Å². The molecule has 1 aromatic heterocycles. The minimum absolute atomic E-state index is 0.0395. The molecule has 0 amide bonds. The number of hydrogen-bond acceptors (Lipinski definition) is 11. The summed E-state index contributed by atoms with van der Waals surface area (Å²) in [5, 5.41) is 85.2. The highest BCUT2D eigenvalue weighted by Gasteiger charge is 2.43. The molecule has 6 rings (SSSR count). The van der Waals surface area contributed by atoms with Gasteiger partial charge < -0.3 is 45.3 Å². The topological polar surface area (TPSA) is 209 Å². The van der Waals surface area contributed by atoms with Gasteiger partial charge in [-0.1, -0.05) is 29.4 Å². The van der Waals surface area contributed by atoms with Gasteiger partial charge in [0.25, 0.3) is 0 Å². The van der Waals surface area contributed by atoms with Gasteiger partial charge in [-0.25, -0.2) is 0 Å². The molecule has 11 nitrogen and oxygen atoms in total. The summed E-state index contributed by atoms with van der Waals surface area (Å²) in [4.78, 5) is 29.0. The average molecular weight is 693 g/mol. The molecule has 1 unspecified atom stereocenters. The Kier molecular flexibility index (Phi) is 8.90. The van der Waals surface area contributed by atoms with Gasteiger partial charge >= 0.3 is 0 Å². The molecule has 51 heavy (non-hydrogen) atoms. The Hall–Kier alpha value is -6.36. The fourth-order valence-electron chi connectivity index (χ4n) is 7.00. The summed E-state index contributed by atoms with van der Waals surface area (Å²) >= 11 is 0. The van der Waals surface area contributed by atoms with Crippen LogP contribution in [0.5, 0.6) is 46.0 Å².